The average molecular weight is 330 g/mol. The Morgan fingerprint density at radius 1 is 1.12 bits per heavy atom. The van der Waals surface area contributed by atoms with Gasteiger partial charge in [0.15, 0.2) is 11.5 Å². The highest BCUT2D eigenvalue weighted by molar-refractivity contribution is 5.78. The molecule has 3 fully saturated rings. The third-order valence-corrected chi connectivity index (χ3v) is 5.21. The number of rotatable bonds is 4. The number of carbonyl (C=O) groups excluding carboxylic acids is 1. The molecule has 0 bridgehead atoms. The van der Waals surface area contributed by atoms with Crippen LogP contribution in [0.1, 0.15) is 24.8 Å². The summed E-state index contributed by atoms with van der Waals surface area (Å²) in [5, 5.41) is 1.62. The van der Waals surface area contributed by atoms with E-state index < -0.39 is 0 Å². The molecule has 6 nitrogen and oxygen atoms in total. The molecule has 0 N–H and O–H groups in total. The number of hydroxylamine groups is 2. The Balaban J connectivity index is 1.19. The molecular formula is C18H22N2O4. The fraction of sp³-hybridized carbons (Fsp3) is 0.611. The second-order valence-electron chi connectivity index (χ2n) is 7.47. The first kappa shape index (κ1) is 14.5. The summed E-state index contributed by atoms with van der Waals surface area (Å²) in [6, 6.07) is 6.12. The Hall–Kier alpha value is -1.79. The monoisotopic (exact) mass is 330 g/mol. The van der Waals surface area contributed by atoms with Crippen LogP contribution in [-0.4, -0.2) is 54.3 Å². The minimum Gasteiger partial charge on any atom is -0.486 e. The number of nitrogens with zero attached hydrogens (tertiary/aromatic N) is 2. The van der Waals surface area contributed by atoms with Crippen LogP contribution < -0.4 is 9.47 Å². The number of hydrogen-bond donors (Lipinski definition) is 0. The Morgan fingerprint density at radius 3 is 2.71 bits per heavy atom. The number of carbonyl (C=O) groups is 1. The molecule has 24 heavy (non-hydrogen) atoms. The zero-order chi connectivity index (χ0) is 16.1. The molecule has 1 aromatic carbocycles. The van der Waals surface area contributed by atoms with Crippen molar-refractivity contribution in [3.63, 3.8) is 0 Å². The molecule has 0 unspecified atom stereocenters. The van der Waals surface area contributed by atoms with E-state index in [0.717, 1.165) is 37.7 Å². The van der Waals surface area contributed by atoms with Crippen molar-refractivity contribution in [3.05, 3.63) is 23.8 Å². The topological polar surface area (TPSA) is 51.2 Å². The van der Waals surface area contributed by atoms with Crippen molar-refractivity contribution in [1.82, 2.24) is 9.96 Å². The van der Waals surface area contributed by atoms with Gasteiger partial charge in [0.25, 0.3) is 0 Å². The second kappa shape index (κ2) is 5.36. The van der Waals surface area contributed by atoms with E-state index in [1.807, 2.05) is 6.07 Å². The predicted molar refractivity (Wildman–Crippen MR) is 85.6 cm³/mol. The standard InChI is InChI=1S/C18H22N2O4/c21-17-8-18(24-20(17)10-13-1-2-13)11-19(12-18)9-14-3-4-15-16(7-14)23-6-5-22-15/h3-4,7,13H,1-2,5-6,8-12H2. The first-order chi connectivity index (χ1) is 11.7. The van der Waals surface area contributed by atoms with Gasteiger partial charge in [-0.15, -0.1) is 0 Å². The van der Waals surface area contributed by atoms with E-state index in [4.69, 9.17) is 14.3 Å². The molecule has 1 aromatic rings. The van der Waals surface area contributed by atoms with Crippen LogP contribution >= 0.6 is 0 Å². The highest BCUT2D eigenvalue weighted by Gasteiger charge is 2.53. The van der Waals surface area contributed by atoms with Crippen molar-refractivity contribution in [2.75, 3.05) is 32.8 Å². The Kier molecular flexibility index (Phi) is 3.25. The SMILES string of the molecule is O=C1CC2(CN(Cc3ccc4c(c3)OCCO4)C2)ON1CC1CC1. The molecule has 4 aliphatic rings. The van der Waals surface area contributed by atoms with Crippen molar-refractivity contribution < 1.29 is 19.1 Å². The van der Waals surface area contributed by atoms with Gasteiger partial charge in [-0.1, -0.05) is 6.07 Å². The normalized spacial score (nSPS) is 25.2. The van der Waals surface area contributed by atoms with Gasteiger partial charge in [0.2, 0.25) is 5.91 Å². The van der Waals surface area contributed by atoms with Crippen LogP contribution in [0.15, 0.2) is 18.2 Å². The highest BCUT2D eigenvalue weighted by atomic mass is 16.7. The van der Waals surface area contributed by atoms with Gasteiger partial charge in [0, 0.05) is 19.6 Å². The molecule has 0 aromatic heterocycles. The van der Waals surface area contributed by atoms with Gasteiger partial charge in [0.05, 0.1) is 13.0 Å². The van der Waals surface area contributed by atoms with E-state index in [0.29, 0.717) is 25.6 Å². The molecule has 1 aliphatic carbocycles. The van der Waals surface area contributed by atoms with Crippen molar-refractivity contribution in [1.29, 1.82) is 0 Å². The fourth-order valence-electron chi connectivity index (χ4n) is 3.85. The third-order valence-electron chi connectivity index (χ3n) is 5.21. The molecule has 1 saturated carbocycles. The number of likely N-dealkylation sites (tertiary alicyclic amines) is 1. The van der Waals surface area contributed by atoms with E-state index >= 15 is 0 Å². The van der Waals surface area contributed by atoms with Gasteiger partial charge in [-0.2, -0.15) is 0 Å². The second-order valence-corrected chi connectivity index (χ2v) is 7.47. The van der Waals surface area contributed by atoms with Crippen LogP contribution in [0.4, 0.5) is 0 Å². The molecule has 1 spiro atoms. The maximum atomic E-state index is 12.1. The van der Waals surface area contributed by atoms with Crippen LogP contribution in [-0.2, 0) is 16.2 Å². The van der Waals surface area contributed by atoms with Crippen LogP contribution in [0.5, 0.6) is 11.5 Å². The molecule has 3 heterocycles. The largest absolute Gasteiger partial charge is 0.486 e. The summed E-state index contributed by atoms with van der Waals surface area (Å²) < 4.78 is 11.2. The summed E-state index contributed by atoms with van der Waals surface area (Å²) in [5.74, 6) is 2.47. The van der Waals surface area contributed by atoms with Gasteiger partial charge in [-0.3, -0.25) is 14.5 Å². The van der Waals surface area contributed by atoms with Gasteiger partial charge >= 0.3 is 0 Å². The van der Waals surface area contributed by atoms with Crippen LogP contribution in [0, 0.1) is 5.92 Å². The lowest BCUT2D eigenvalue weighted by atomic mass is 9.90. The van der Waals surface area contributed by atoms with Crippen molar-refractivity contribution in [2.45, 2.75) is 31.4 Å². The Bertz CT molecular complexity index is 667. The predicted octanol–water partition coefficient (Wildman–Crippen LogP) is 1.59. The number of hydrogen-bond acceptors (Lipinski definition) is 5. The summed E-state index contributed by atoms with van der Waals surface area (Å²) in [4.78, 5) is 20.4. The van der Waals surface area contributed by atoms with E-state index in [1.165, 1.54) is 18.4 Å². The lowest BCUT2D eigenvalue weighted by Gasteiger charge is -2.46. The molecule has 0 atom stereocenters. The molecular weight excluding hydrogens is 308 g/mol. The smallest absolute Gasteiger partial charge is 0.249 e. The molecule has 128 valence electrons. The Morgan fingerprint density at radius 2 is 1.92 bits per heavy atom. The van der Waals surface area contributed by atoms with Crippen molar-refractivity contribution >= 4 is 5.91 Å². The van der Waals surface area contributed by atoms with E-state index in [1.54, 1.807) is 5.06 Å². The molecule has 1 amide bonds. The summed E-state index contributed by atoms with van der Waals surface area (Å²) in [7, 11) is 0. The maximum absolute atomic E-state index is 12.1. The number of amides is 1. The van der Waals surface area contributed by atoms with E-state index in [2.05, 4.69) is 17.0 Å². The lowest BCUT2D eigenvalue weighted by molar-refractivity contribution is -0.238. The summed E-state index contributed by atoms with van der Waals surface area (Å²) in [5.41, 5.74) is 0.924. The average Bonchev–Trinajstić information content (AvgIpc) is 3.30. The van der Waals surface area contributed by atoms with Crippen LogP contribution in [0.25, 0.3) is 0 Å². The molecule has 2 saturated heterocycles. The summed E-state index contributed by atoms with van der Waals surface area (Å²) in [6.45, 7) is 4.48. The maximum Gasteiger partial charge on any atom is 0.249 e. The lowest BCUT2D eigenvalue weighted by Crippen LogP contribution is -2.61. The zero-order valence-electron chi connectivity index (χ0n) is 13.7. The third kappa shape index (κ3) is 2.63. The number of fused-ring (bicyclic) bond motifs is 1. The Labute approximate surface area is 141 Å². The van der Waals surface area contributed by atoms with Gasteiger partial charge in [0.1, 0.15) is 18.8 Å². The first-order valence-corrected chi connectivity index (χ1v) is 8.80. The van der Waals surface area contributed by atoms with Gasteiger partial charge in [-0.05, 0) is 36.5 Å². The zero-order valence-corrected chi connectivity index (χ0v) is 13.7. The van der Waals surface area contributed by atoms with Gasteiger partial charge < -0.3 is 9.47 Å². The minimum atomic E-state index is -0.278. The van der Waals surface area contributed by atoms with Crippen LogP contribution in [0.3, 0.4) is 0 Å². The van der Waals surface area contributed by atoms with E-state index in [-0.39, 0.29) is 11.5 Å². The number of benzene rings is 1. The van der Waals surface area contributed by atoms with Crippen molar-refractivity contribution in [2.24, 2.45) is 5.92 Å². The molecule has 5 rings (SSSR count). The van der Waals surface area contributed by atoms with Crippen molar-refractivity contribution in [3.8, 4) is 11.5 Å². The minimum absolute atomic E-state index is 0.154. The summed E-state index contributed by atoms with van der Waals surface area (Å²) in [6.07, 6.45) is 2.99. The fourth-order valence-corrected chi connectivity index (χ4v) is 3.85. The van der Waals surface area contributed by atoms with Crippen LogP contribution in [0.2, 0.25) is 0 Å². The highest BCUT2D eigenvalue weighted by Crippen LogP contribution is 2.40. The molecule has 3 aliphatic heterocycles. The first-order valence-electron chi connectivity index (χ1n) is 8.80. The number of ether oxygens (including phenoxy) is 2. The molecule has 6 heteroatoms. The summed E-state index contributed by atoms with van der Waals surface area (Å²) >= 11 is 0. The quantitative estimate of drug-likeness (QED) is 0.839. The van der Waals surface area contributed by atoms with Gasteiger partial charge in [-0.25, -0.2) is 5.06 Å². The molecule has 0 radical (unpaired) electrons. The van der Waals surface area contributed by atoms with E-state index in [9.17, 15) is 4.79 Å².